The largest absolute Gasteiger partial charge is 0.271 e. The van der Waals surface area contributed by atoms with Gasteiger partial charge in [-0.2, -0.15) is 0 Å². The van der Waals surface area contributed by atoms with E-state index in [1.54, 1.807) is 0 Å². The summed E-state index contributed by atoms with van der Waals surface area (Å²) in [5.74, 6) is 5.85. The fourth-order valence-electron chi connectivity index (χ4n) is 2.89. The minimum absolute atomic E-state index is 0.0192. The molecule has 0 aromatic heterocycles. The second kappa shape index (κ2) is 6.08. The molecule has 1 atom stereocenters. The highest BCUT2D eigenvalue weighted by molar-refractivity contribution is 5.83. The standard InChI is InChI=1S/C19H20N2/c1-2-14-7-5-6-10-18(14)19(21-20)17-12-11-15-8-3-4-9-16(15)13-17/h3-13,19,21H,2,20H2,1H3. The minimum atomic E-state index is 0.0192. The van der Waals surface area contributed by atoms with E-state index in [1.165, 1.54) is 27.5 Å². The van der Waals surface area contributed by atoms with E-state index < -0.39 is 0 Å². The van der Waals surface area contributed by atoms with E-state index in [2.05, 4.69) is 79.1 Å². The third kappa shape index (κ3) is 2.68. The van der Waals surface area contributed by atoms with Crippen molar-refractivity contribution in [2.24, 2.45) is 5.84 Å². The maximum Gasteiger partial charge on any atom is 0.0712 e. The second-order valence-electron chi connectivity index (χ2n) is 5.26. The molecular weight excluding hydrogens is 256 g/mol. The van der Waals surface area contributed by atoms with Crippen LogP contribution in [0.4, 0.5) is 0 Å². The van der Waals surface area contributed by atoms with Crippen LogP contribution in [0.2, 0.25) is 0 Å². The number of hydrogen-bond acceptors (Lipinski definition) is 2. The van der Waals surface area contributed by atoms with E-state index in [9.17, 15) is 0 Å². The van der Waals surface area contributed by atoms with E-state index in [0.717, 1.165) is 6.42 Å². The van der Waals surface area contributed by atoms with Crippen LogP contribution in [0.5, 0.6) is 0 Å². The normalized spacial score (nSPS) is 12.5. The molecule has 21 heavy (non-hydrogen) atoms. The summed E-state index contributed by atoms with van der Waals surface area (Å²) < 4.78 is 0. The molecule has 0 aliphatic rings. The van der Waals surface area contributed by atoms with Crippen LogP contribution in [0.1, 0.15) is 29.7 Å². The summed E-state index contributed by atoms with van der Waals surface area (Å²) in [6, 6.07) is 23.4. The fourth-order valence-corrected chi connectivity index (χ4v) is 2.89. The zero-order valence-electron chi connectivity index (χ0n) is 12.2. The van der Waals surface area contributed by atoms with Crippen LogP contribution in [0.3, 0.4) is 0 Å². The van der Waals surface area contributed by atoms with Gasteiger partial charge in [0, 0.05) is 0 Å². The molecule has 0 spiro atoms. The Kier molecular flexibility index (Phi) is 4.00. The third-order valence-corrected chi connectivity index (χ3v) is 4.02. The number of hydrazine groups is 1. The van der Waals surface area contributed by atoms with Gasteiger partial charge in [-0.3, -0.25) is 5.84 Å². The first-order valence-corrected chi connectivity index (χ1v) is 7.36. The van der Waals surface area contributed by atoms with Crippen molar-refractivity contribution in [1.82, 2.24) is 5.43 Å². The van der Waals surface area contributed by atoms with E-state index in [0.29, 0.717) is 0 Å². The monoisotopic (exact) mass is 276 g/mol. The van der Waals surface area contributed by atoms with E-state index in [-0.39, 0.29) is 6.04 Å². The topological polar surface area (TPSA) is 38.0 Å². The average molecular weight is 276 g/mol. The van der Waals surface area contributed by atoms with Crippen molar-refractivity contribution < 1.29 is 0 Å². The molecule has 2 heteroatoms. The van der Waals surface area contributed by atoms with Crippen LogP contribution in [0, 0.1) is 0 Å². The molecule has 2 nitrogen and oxygen atoms in total. The van der Waals surface area contributed by atoms with Crippen LogP contribution in [-0.2, 0) is 6.42 Å². The molecule has 0 saturated heterocycles. The maximum absolute atomic E-state index is 5.85. The molecule has 0 heterocycles. The molecule has 106 valence electrons. The summed E-state index contributed by atoms with van der Waals surface area (Å²) in [4.78, 5) is 0. The highest BCUT2D eigenvalue weighted by Gasteiger charge is 2.15. The molecule has 0 saturated carbocycles. The fraction of sp³-hybridized carbons (Fsp3) is 0.158. The predicted octanol–water partition coefficient (Wildman–Crippen LogP) is 3.95. The van der Waals surface area contributed by atoms with Crippen LogP contribution < -0.4 is 11.3 Å². The van der Waals surface area contributed by atoms with Gasteiger partial charge in [-0.05, 0) is 39.9 Å². The summed E-state index contributed by atoms with van der Waals surface area (Å²) in [5.41, 5.74) is 6.74. The Morgan fingerprint density at radius 2 is 1.62 bits per heavy atom. The van der Waals surface area contributed by atoms with Crippen molar-refractivity contribution in [2.75, 3.05) is 0 Å². The number of benzene rings is 3. The Hall–Kier alpha value is -2.16. The van der Waals surface area contributed by atoms with Gasteiger partial charge in [0.2, 0.25) is 0 Å². The molecule has 0 bridgehead atoms. The molecule has 0 amide bonds. The van der Waals surface area contributed by atoms with Crippen LogP contribution >= 0.6 is 0 Å². The molecule has 3 rings (SSSR count). The summed E-state index contributed by atoms with van der Waals surface area (Å²) >= 11 is 0. The van der Waals surface area contributed by atoms with Crippen LogP contribution in [0.25, 0.3) is 10.8 Å². The van der Waals surface area contributed by atoms with Gasteiger partial charge in [0.1, 0.15) is 0 Å². The first-order chi connectivity index (χ1) is 10.3. The summed E-state index contributed by atoms with van der Waals surface area (Å²) in [5, 5.41) is 2.49. The molecular formula is C19H20N2. The third-order valence-electron chi connectivity index (χ3n) is 4.02. The smallest absolute Gasteiger partial charge is 0.0712 e. The minimum Gasteiger partial charge on any atom is -0.271 e. The quantitative estimate of drug-likeness (QED) is 0.559. The van der Waals surface area contributed by atoms with Crippen molar-refractivity contribution in [2.45, 2.75) is 19.4 Å². The molecule has 0 radical (unpaired) electrons. The summed E-state index contributed by atoms with van der Waals surface area (Å²) in [7, 11) is 0. The van der Waals surface area contributed by atoms with Gasteiger partial charge >= 0.3 is 0 Å². The van der Waals surface area contributed by atoms with Gasteiger partial charge in [-0.1, -0.05) is 67.6 Å². The van der Waals surface area contributed by atoms with Gasteiger partial charge < -0.3 is 0 Å². The Morgan fingerprint density at radius 3 is 2.38 bits per heavy atom. The van der Waals surface area contributed by atoms with E-state index >= 15 is 0 Å². The number of hydrogen-bond donors (Lipinski definition) is 2. The van der Waals surface area contributed by atoms with Gasteiger partial charge in [0.15, 0.2) is 0 Å². The molecule has 0 fully saturated rings. The van der Waals surface area contributed by atoms with Crippen molar-refractivity contribution >= 4 is 10.8 Å². The van der Waals surface area contributed by atoms with Crippen molar-refractivity contribution in [3.05, 3.63) is 83.4 Å². The highest BCUT2D eigenvalue weighted by atomic mass is 15.2. The Labute approximate surface area is 125 Å². The first-order valence-electron chi connectivity index (χ1n) is 7.36. The summed E-state index contributed by atoms with van der Waals surface area (Å²) in [6.07, 6.45) is 1.00. The molecule has 3 aromatic carbocycles. The lowest BCUT2D eigenvalue weighted by molar-refractivity contribution is 0.632. The van der Waals surface area contributed by atoms with Crippen LogP contribution in [0.15, 0.2) is 66.7 Å². The number of nitrogens with two attached hydrogens (primary N) is 1. The zero-order chi connectivity index (χ0) is 14.7. The lowest BCUT2D eigenvalue weighted by Crippen LogP contribution is -2.29. The number of aryl methyl sites for hydroxylation is 1. The molecule has 3 aromatic rings. The van der Waals surface area contributed by atoms with Crippen molar-refractivity contribution in [3.8, 4) is 0 Å². The Bertz CT molecular complexity index is 749. The summed E-state index contributed by atoms with van der Waals surface area (Å²) in [6.45, 7) is 2.17. The maximum atomic E-state index is 5.85. The van der Waals surface area contributed by atoms with Crippen molar-refractivity contribution in [3.63, 3.8) is 0 Å². The Morgan fingerprint density at radius 1 is 0.905 bits per heavy atom. The van der Waals surface area contributed by atoms with Gasteiger partial charge in [-0.25, -0.2) is 5.43 Å². The highest BCUT2D eigenvalue weighted by Crippen LogP contribution is 2.27. The van der Waals surface area contributed by atoms with Crippen molar-refractivity contribution in [1.29, 1.82) is 0 Å². The van der Waals surface area contributed by atoms with E-state index in [1.807, 2.05) is 0 Å². The molecule has 0 aliphatic carbocycles. The van der Waals surface area contributed by atoms with E-state index in [4.69, 9.17) is 5.84 Å². The van der Waals surface area contributed by atoms with Gasteiger partial charge in [0.25, 0.3) is 0 Å². The first kappa shape index (κ1) is 13.8. The number of fused-ring (bicyclic) bond motifs is 1. The second-order valence-corrected chi connectivity index (χ2v) is 5.26. The predicted molar refractivity (Wildman–Crippen MR) is 88.9 cm³/mol. The molecule has 0 aliphatic heterocycles. The average Bonchev–Trinajstić information content (AvgIpc) is 2.56. The lowest BCUT2D eigenvalue weighted by Gasteiger charge is -2.20. The lowest BCUT2D eigenvalue weighted by atomic mass is 9.92. The Balaban J connectivity index is 2.09. The molecule has 3 N–H and O–H groups in total. The number of nitrogens with one attached hydrogen (secondary N) is 1. The number of rotatable bonds is 4. The molecule has 1 unspecified atom stereocenters. The van der Waals surface area contributed by atoms with Crippen LogP contribution in [-0.4, -0.2) is 0 Å². The SMILES string of the molecule is CCc1ccccc1C(NN)c1ccc2ccccc2c1. The van der Waals surface area contributed by atoms with Gasteiger partial charge in [-0.15, -0.1) is 0 Å². The zero-order valence-corrected chi connectivity index (χ0v) is 12.2. The van der Waals surface area contributed by atoms with Gasteiger partial charge in [0.05, 0.1) is 6.04 Å².